The summed E-state index contributed by atoms with van der Waals surface area (Å²) < 4.78 is 10.7. The molecular formula is C33H32N4O7. The molecule has 1 aromatic heterocycles. The van der Waals surface area contributed by atoms with Crippen LogP contribution in [0, 0.1) is 0 Å². The number of likely N-dealkylation sites (N-methyl/N-ethyl adjacent to an activating group) is 1. The van der Waals surface area contributed by atoms with Crippen LogP contribution in [0.3, 0.4) is 0 Å². The number of carbonyl (C=O) groups excluding carboxylic acids is 4. The van der Waals surface area contributed by atoms with Gasteiger partial charge in [-0.2, -0.15) is 0 Å². The number of ether oxygens (including phenoxy) is 1. The Morgan fingerprint density at radius 2 is 1.66 bits per heavy atom. The monoisotopic (exact) mass is 596 g/mol. The number of methoxy groups -OCH3 is 1. The first kappa shape index (κ1) is 30.2. The van der Waals surface area contributed by atoms with Gasteiger partial charge < -0.3 is 29.6 Å². The Bertz CT molecular complexity index is 1820. The minimum Gasteiger partial charge on any atom is -0.497 e. The molecule has 0 radical (unpaired) electrons. The molecule has 11 heteroatoms. The summed E-state index contributed by atoms with van der Waals surface area (Å²) in [6.45, 7) is 2.90. The molecule has 3 aromatic carbocycles. The van der Waals surface area contributed by atoms with E-state index in [-0.39, 0.29) is 18.9 Å². The Labute approximate surface area is 253 Å². The molecule has 44 heavy (non-hydrogen) atoms. The number of nitrogens with zero attached hydrogens (tertiary/aromatic N) is 2. The van der Waals surface area contributed by atoms with Gasteiger partial charge in [0.05, 0.1) is 37.6 Å². The molecule has 2 N–H and O–H groups in total. The van der Waals surface area contributed by atoms with E-state index in [9.17, 15) is 24.0 Å². The molecule has 2 unspecified atom stereocenters. The smallest absolute Gasteiger partial charge is 0.336 e. The number of rotatable bonds is 8. The molecule has 2 heterocycles. The van der Waals surface area contributed by atoms with Gasteiger partial charge in [-0.25, -0.2) is 4.79 Å². The van der Waals surface area contributed by atoms with Gasteiger partial charge in [0.15, 0.2) is 5.78 Å². The second kappa shape index (κ2) is 12.5. The average molecular weight is 597 g/mol. The van der Waals surface area contributed by atoms with Gasteiger partial charge >= 0.3 is 5.63 Å². The molecule has 0 bridgehead atoms. The Kier molecular flexibility index (Phi) is 8.59. The van der Waals surface area contributed by atoms with Crippen LogP contribution in [0.15, 0.2) is 82.0 Å². The predicted molar refractivity (Wildman–Crippen MR) is 165 cm³/mol. The van der Waals surface area contributed by atoms with Crippen molar-refractivity contribution in [3.05, 3.63) is 99.9 Å². The number of hydrogen-bond acceptors (Lipinski definition) is 8. The second-order valence-electron chi connectivity index (χ2n) is 10.5. The van der Waals surface area contributed by atoms with E-state index >= 15 is 0 Å². The minimum atomic E-state index is -1.13. The van der Waals surface area contributed by atoms with Crippen LogP contribution in [-0.2, 0) is 16.1 Å². The van der Waals surface area contributed by atoms with Crippen LogP contribution in [0.1, 0.15) is 40.1 Å². The highest BCUT2D eigenvalue weighted by molar-refractivity contribution is 6.13. The number of carbonyl (C=O) groups is 4. The number of ketones is 1. The Morgan fingerprint density at radius 1 is 0.977 bits per heavy atom. The number of amides is 3. The van der Waals surface area contributed by atoms with Crippen molar-refractivity contribution in [3.8, 4) is 5.75 Å². The fourth-order valence-electron chi connectivity index (χ4n) is 5.12. The molecule has 0 spiro atoms. The number of nitrogens with one attached hydrogen (secondary N) is 2. The molecule has 1 aliphatic heterocycles. The molecule has 226 valence electrons. The molecule has 2 atom stereocenters. The lowest BCUT2D eigenvalue weighted by Gasteiger charge is -2.26. The third-order valence-electron chi connectivity index (χ3n) is 7.68. The van der Waals surface area contributed by atoms with Gasteiger partial charge in [0, 0.05) is 28.6 Å². The van der Waals surface area contributed by atoms with Gasteiger partial charge in [-0.1, -0.05) is 24.3 Å². The summed E-state index contributed by atoms with van der Waals surface area (Å²) in [5.74, 6) is -0.936. The maximum Gasteiger partial charge on any atom is 0.336 e. The molecule has 3 amide bonds. The van der Waals surface area contributed by atoms with Gasteiger partial charge in [-0.3, -0.25) is 19.2 Å². The number of Topliss-reactive ketones (excluding diaryl/α,β-unsaturated/α-hetero) is 1. The van der Waals surface area contributed by atoms with E-state index in [1.807, 2.05) is 0 Å². The largest absolute Gasteiger partial charge is 0.497 e. The maximum absolute atomic E-state index is 14.3. The van der Waals surface area contributed by atoms with Gasteiger partial charge in [-0.05, 0) is 62.9 Å². The topological polar surface area (TPSA) is 138 Å². The fraction of sp³-hybridized carbons (Fsp3) is 0.242. The summed E-state index contributed by atoms with van der Waals surface area (Å²) in [7, 11) is 3.13. The summed E-state index contributed by atoms with van der Waals surface area (Å²) >= 11 is 0. The van der Waals surface area contributed by atoms with E-state index in [1.165, 1.54) is 29.9 Å². The third kappa shape index (κ3) is 5.95. The molecule has 0 saturated carbocycles. The lowest BCUT2D eigenvalue weighted by Crippen LogP contribution is -2.55. The van der Waals surface area contributed by atoms with E-state index in [1.54, 1.807) is 80.7 Å². The van der Waals surface area contributed by atoms with Crippen LogP contribution in [0.25, 0.3) is 11.0 Å². The summed E-state index contributed by atoms with van der Waals surface area (Å²) in [6.07, 6.45) is 0. The highest BCUT2D eigenvalue weighted by Crippen LogP contribution is 2.36. The summed E-state index contributed by atoms with van der Waals surface area (Å²) in [5, 5.41) is 6.27. The number of para-hydroxylation sites is 2. The van der Waals surface area contributed by atoms with Crippen molar-refractivity contribution in [2.24, 2.45) is 0 Å². The molecule has 5 rings (SSSR count). The van der Waals surface area contributed by atoms with Gasteiger partial charge in [-0.15, -0.1) is 0 Å². The van der Waals surface area contributed by atoms with Crippen LogP contribution >= 0.6 is 0 Å². The number of anilines is 2. The first-order chi connectivity index (χ1) is 21.1. The van der Waals surface area contributed by atoms with Crippen LogP contribution in [0.5, 0.6) is 5.75 Å². The zero-order valence-electron chi connectivity index (χ0n) is 24.7. The van der Waals surface area contributed by atoms with Gasteiger partial charge in [0.2, 0.25) is 5.91 Å². The quantitative estimate of drug-likeness (QED) is 0.234. The molecule has 1 aliphatic rings. The van der Waals surface area contributed by atoms with Crippen molar-refractivity contribution < 1.29 is 28.3 Å². The van der Waals surface area contributed by atoms with Crippen LogP contribution in [0.2, 0.25) is 0 Å². The average Bonchev–Trinajstić information content (AvgIpc) is 3.14. The third-order valence-corrected chi connectivity index (χ3v) is 7.68. The zero-order valence-corrected chi connectivity index (χ0v) is 24.7. The summed E-state index contributed by atoms with van der Waals surface area (Å²) in [6, 6.07) is 17.9. The molecule has 0 aliphatic carbocycles. The Hall–Kier alpha value is -5.29. The van der Waals surface area contributed by atoms with Crippen molar-refractivity contribution >= 4 is 45.8 Å². The summed E-state index contributed by atoms with van der Waals surface area (Å²) in [5.41, 5.74) is 1.82. The van der Waals surface area contributed by atoms with Crippen molar-refractivity contribution in [2.75, 3.05) is 30.5 Å². The standard InChI is InChI=1S/C33H32N4O7/c1-19(34-3)31(40)35-26-18-37(32(41)22-11-9-21(10-12-22)20(2)38)28-8-6-5-7-27(28)36(33(26)42)17-23-15-30(39)44-29-16-24(43-4)13-14-25(23)29/h5-16,19,26,34H,17-18H2,1-4H3,(H,35,40). The van der Waals surface area contributed by atoms with Crippen LogP contribution in [0.4, 0.5) is 11.4 Å². The van der Waals surface area contributed by atoms with E-state index < -0.39 is 35.4 Å². The highest BCUT2D eigenvalue weighted by Gasteiger charge is 2.38. The Balaban J connectivity index is 1.62. The van der Waals surface area contributed by atoms with E-state index in [4.69, 9.17) is 9.15 Å². The van der Waals surface area contributed by atoms with Crippen molar-refractivity contribution in [2.45, 2.75) is 32.5 Å². The van der Waals surface area contributed by atoms with E-state index in [0.29, 0.717) is 44.8 Å². The first-order valence-corrected chi connectivity index (χ1v) is 14.0. The van der Waals surface area contributed by atoms with Crippen LogP contribution in [-0.4, -0.2) is 56.3 Å². The first-order valence-electron chi connectivity index (χ1n) is 14.0. The summed E-state index contributed by atoms with van der Waals surface area (Å²) in [4.78, 5) is 68.6. The predicted octanol–water partition coefficient (Wildman–Crippen LogP) is 3.29. The zero-order chi connectivity index (χ0) is 31.5. The SMILES string of the molecule is CNC(C)C(=O)NC1CN(C(=O)c2ccc(C(C)=O)cc2)c2ccccc2N(Cc2cc(=O)oc3cc(OC)ccc23)C1=O. The van der Waals surface area contributed by atoms with E-state index in [0.717, 1.165) is 0 Å². The number of hydrogen-bond donors (Lipinski definition) is 2. The fourth-order valence-corrected chi connectivity index (χ4v) is 5.12. The second-order valence-corrected chi connectivity index (χ2v) is 10.5. The highest BCUT2D eigenvalue weighted by atomic mass is 16.5. The molecule has 0 fully saturated rings. The van der Waals surface area contributed by atoms with E-state index in [2.05, 4.69) is 10.6 Å². The van der Waals surface area contributed by atoms with Crippen molar-refractivity contribution in [1.82, 2.24) is 10.6 Å². The van der Waals surface area contributed by atoms with Crippen molar-refractivity contribution in [3.63, 3.8) is 0 Å². The molecule has 11 nitrogen and oxygen atoms in total. The van der Waals surface area contributed by atoms with Crippen LogP contribution < -0.4 is 30.8 Å². The Morgan fingerprint density at radius 3 is 2.32 bits per heavy atom. The lowest BCUT2D eigenvalue weighted by molar-refractivity contribution is -0.128. The molecule has 0 saturated heterocycles. The number of benzene rings is 3. The maximum atomic E-state index is 14.3. The van der Waals surface area contributed by atoms with Gasteiger partial charge in [0.25, 0.3) is 11.8 Å². The van der Waals surface area contributed by atoms with Crippen molar-refractivity contribution in [1.29, 1.82) is 0 Å². The lowest BCUT2D eigenvalue weighted by atomic mass is 10.1. The molecular weight excluding hydrogens is 564 g/mol. The number of fused-ring (bicyclic) bond motifs is 2. The van der Waals surface area contributed by atoms with Gasteiger partial charge in [0.1, 0.15) is 17.4 Å². The molecule has 4 aromatic rings. The normalized spacial score (nSPS) is 15.4. The minimum absolute atomic E-state index is 0.0480.